The lowest BCUT2D eigenvalue weighted by Gasteiger charge is -2.10. The van der Waals surface area contributed by atoms with Crippen molar-refractivity contribution in [2.75, 3.05) is 12.4 Å². The van der Waals surface area contributed by atoms with Gasteiger partial charge in [0.25, 0.3) is 5.91 Å². The topological polar surface area (TPSA) is 38.3 Å². The van der Waals surface area contributed by atoms with E-state index in [-0.39, 0.29) is 5.56 Å². The van der Waals surface area contributed by atoms with Crippen LogP contribution in [0.2, 0.25) is 0 Å². The zero-order chi connectivity index (χ0) is 13.8. The minimum absolute atomic E-state index is 0.228. The average molecular weight is 324 g/mol. The smallest absolute Gasteiger partial charge is 0.257 e. The van der Waals surface area contributed by atoms with Gasteiger partial charge in [-0.1, -0.05) is 12.1 Å². The molecular weight excluding hydrogens is 313 g/mol. The number of methoxy groups -OCH3 is 1. The maximum Gasteiger partial charge on any atom is 0.257 e. The second kappa shape index (κ2) is 5.84. The third kappa shape index (κ3) is 3.12. The second-order valence-electron chi connectivity index (χ2n) is 3.78. The molecule has 5 heteroatoms. The van der Waals surface area contributed by atoms with E-state index in [4.69, 9.17) is 4.74 Å². The number of ether oxygens (including phenoxy) is 1. The summed E-state index contributed by atoms with van der Waals surface area (Å²) in [7, 11) is 1.52. The zero-order valence-electron chi connectivity index (χ0n) is 10.1. The molecule has 0 fully saturated rings. The maximum atomic E-state index is 13.2. The SMILES string of the molecule is COc1ccccc1NC(=O)c1cc(F)ccc1Br. The van der Waals surface area contributed by atoms with Crippen molar-refractivity contribution in [3.8, 4) is 5.75 Å². The third-order valence-corrected chi connectivity index (χ3v) is 3.22. The van der Waals surface area contributed by atoms with Crippen LogP contribution in [0.3, 0.4) is 0 Å². The van der Waals surface area contributed by atoms with Crippen molar-refractivity contribution >= 4 is 27.5 Å². The van der Waals surface area contributed by atoms with E-state index in [1.807, 2.05) is 0 Å². The van der Waals surface area contributed by atoms with E-state index in [0.717, 1.165) is 0 Å². The first-order valence-electron chi connectivity index (χ1n) is 5.51. The summed E-state index contributed by atoms with van der Waals surface area (Å²) in [6.07, 6.45) is 0. The molecule has 2 rings (SSSR count). The Morgan fingerprint density at radius 3 is 2.74 bits per heavy atom. The molecule has 1 N–H and O–H groups in total. The van der Waals surface area contributed by atoms with Gasteiger partial charge >= 0.3 is 0 Å². The van der Waals surface area contributed by atoms with Crippen LogP contribution in [0.5, 0.6) is 5.75 Å². The normalized spacial score (nSPS) is 10.1. The number of benzene rings is 2. The molecule has 0 bridgehead atoms. The number of rotatable bonds is 3. The highest BCUT2D eigenvalue weighted by Crippen LogP contribution is 2.25. The summed E-state index contributed by atoms with van der Waals surface area (Å²) in [6.45, 7) is 0. The van der Waals surface area contributed by atoms with Crippen molar-refractivity contribution in [3.63, 3.8) is 0 Å². The van der Waals surface area contributed by atoms with Crippen molar-refractivity contribution in [1.82, 2.24) is 0 Å². The van der Waals surface area contributed by atoms with Gasteiger partial charge in [0.2, 0.25) is 0 Å². The molecule has 0 aliphatic heterocycles. The van der Waals surface area contributed by atoms with E-state index in [1.54, 1.807) is 24.3 Å². The molecule has 2 aromatic rings. The lowest BCUT2D eigenvalue weighted by molar-refractivity contribution is 0.102. The molecular formula is C14H11BrFNO2. The molecule has 0 aliphatic rings. The molecule has 0 radical (unpaired) electrons. The number of carbonyl (C=O) groups is 1. The van der Waals surface area contributed by atoms with Crippen LogP contribution in [0.25, 0.3) is 0 Å². The zero-order valence-corrected chi connectivity index (χ0v) is 11.7. The Balaban J connectivity index is 2.28. The molecule has 98 valence electrons. The van der Waals surface area contributed by atoms with Crippen LogP contribution in [-0.2, 0) is 0 Å². The highest BCUT2D eigenvalue weighted by Gasteiger charge is 2.13. The van der Waals surface area contributed by atoms with E-state index < -0.39 is 11.7 Å². The van der Waals surface area contributed by atoms with Crippen molar-refractivity contribution in [3.05, 3.63) is 58.3 Å². The van der Waals surface area contributed by atoms with E-state index >= 15 is 0 Å². The van der Waals surface area contributed by atoms with Crippen LogP contribution in [0.15, 0.2) is 46.9 Å². The molecule has 0 aliphatic carbocycles. The Kier molecular flexibility index (Phi) is 4.16. The highest BCUT2D eigenvalue weighted by molar-refractivity contribution is 9.10. The van der Waals surface area contributed by atoms with Gasteiger partial charge < -0.3 is 10.1 Å². The summed E-state index contributed by atoms with van der Waals surface area (Å²) < 4.78 is 18.8. The maximum absolute atomic E-state index is 13.2. The van der Waals surface area contributed by atoms with E-state index in [2.05, 4.69) is 21.2 Å². The molecule has 1 amide bonds. The fourth-order valence-corrected chi connectivity index (χ4v) is 2.04. The first kappa shape index (κ1) is 13.5. The van der Waals surface area contributed by atoms with Gasteiger partial charge in [0.05, 0.1) is 18.4 Å². The van der Waals surface area contributed by atoms with Gasteiger partial charge in [0.1, 0.15) is 11.6 Å². The van der Waals surface area contributed by atoms with Crippen molar-refractivity contribution < 1.29 is 13.9 Å². The minimum Gasteiger partial charge on any atom is -0.495 e. The fraction of sp³-hybridized carbons (Fsp3) is 0.0714. The quantitative estimate of drug-likeness (QED) is 0.931. The van der Waals surface area contributed by atoms with Crippen LogP contribution in [-0.4, -0.2) is 13.0 Å². The summed E-state index contributed by atoms with van der Waals surface area (Å²) >= 11 is 3.22. The van der Waals surface area contributed by atoms with Gasteiger partial charge in [0.15, 0.2) is 0 Å². The lowest BCUT2D eigenvalue weighted by Crippen LogP contribution is -2.13. The molecule has 0 saturated carbocycles. The molecule has 0 unspecified atom stereocenters. The van der Waals surface area contributed by atoms with E-state index in [1.165, 1.54) is 25.3 Å². The van der Waals surface area contributed by atoms with Crippen LogP contribution in [0, 0.1) is 5.82 Å². The number of hydrogen-bond donors (Lipinski definition) is 1. The lowest BCUT2D eigenvalue weighted by atomic mass is 10.2. The number of halogens is 2. The summed E-state index contributed by atoms with van der Waals surface area (Å²) in [5.74, 6) is -0.326. The number of carbonyl (C=O) groups excluding carboxylic acids is 1. The first-order chi connectivity index (χ1) is 9.11. The number of hydrogen-bond acceptors (Lipinski definition) is 2. The number of para-hydroxylation sites is 2. The molecule has 2 aromatic carbocycles. The van der Waals surface area contributed by atoms with Crippen molar-refractivity contribution in [2.24, 2.45) is 0 Å². The van der Waals surface area contributed by atoms with Gasteiger partial charge in [-0.2, -0.15) is 0 Å². The standard InChI is InChI=1S/C14H11BrFNO2/c1-19-13-5-3-2-4-12(13)17-14(18)10-8-9(16)6-7-11(10)15/h2-8H,1H3,(H,17,18). The summed E-state index contributed by atoms with van der Waals surface area (Å²) in [6, 6.07) is 11.0. The highest BCUT2D eigenvalue weighted by atomic mass is 79.9. The monoisotopic (exact) mass is 323 g/mol. The number of amides is 1. The predicted octanol–water partition coefficient (Wildman–Crippen LogP) is 3.85. The number of anilines is 1. The second-order valence-corrected chi connectivity index (χ2v) is 4.63. The van der Waals surface area contributed by atoms with Gasteiger partial charge in [-0.25, -0.2) is 4.39 Å². The minimum atomic E-state index is -0.464. The Morgan fingerprint density at radius 2 is 2.00 bits per heavy atom. The van der Waals surface area contributed by atoms with E-state index in [0.29, 0.717) is 15.9 Å². The van der Waals surface area contributed by atoms with Gasteiger partial charge in [-0.15, -0.1) is 0 Å². The number of nitrogens with one attached hydrogen (secondary N) is 1. The molecule has 0 saturated heterocycles. The van der Waals surface area contributed by atoms with Crippen molar-refractivity contribution in [2.45, 2.75) is 0 Å². The van der Waals surface area contributed by atoms with E-state index in [9.17, 15) is 9.18 Å². The molecule has 3 nitrogen and oxygen atoms in total. The fourth-order valence-electron chi connectivity index (χ4n) is 1.61. The average Bonchev–Trinajstić information content (AvgIpc) is 2.42. The van der Waals surface area contributed by atoms with Gasteiger partial charge in [0, 0.05) is 4.47 Å². The summed E-state index contributed by atoms with van der Waals surface area (Å²) in [4.78, 5) is 12.1. The van der Waals surface area contributed by atoms with Gasteiger partial charge in [-0.3, -0.25) is 4.79 Å². The summed E-state index contributed by atoms with van der Waals surface area (Å²) in [5, 5.41) is 2.69. The van der Waals surface area contributed by atoms with Crippen LogP contribution < -0.4 is 10.1 Å². The van der Waals surface area contributed by atoms with Crippen molar-refractivity contribution in [1.29, 1.82) is 0 Å². The molecule has 19 heavy (non-hydrogen) atoms. The first-order valence-corrected chi connectivity index (χ1v) is 6.30. The molecule has 0 aromatic heterocycles. The van der Waals surface area contributed by atoms with Crippen LogP contribution in [0.4, 0.5) is 10.1 Å². The third-order valence-electron chi connectivity index (χ3n) is 2.53. The Labute approximate surface area is 118 Å². The van der Waals surface area contributed by atoms with Crippen LogP contribution in [0.1, 0.15) is 10.4 Å². The molecule has 0 spiro atoms. The molecule has 0 atom stereocenters. The van der Waals surface area contributed by atoms with Crippen LogP contribution >= 0.6 is 15.9 Å². The Bertz CT molecular complexity index is 616. The van der Waals surface area contributed by atoms with Gasteiger partial charge in [-0.05, 0) is 46.3 Å². The molecule has 0 heterocycles. The Morgan fingerprint density at radius 1 is 1.26 bits per heavy atom. The predicted molar refractivity (Wildman–Crippen MR) is 75.0 cm³/mol. The Hall–Kier alpha value is -1.88. The largest absolute Gasteiger partial charge is 0.495 e. The summed E-state index contributed by atoms with van der Waals surface area (Å²) in [5.41, 5.74) is 0.761.